The van der Waals surface area contributed by atoms with Crippen molar-refractivity contribution >= 4 is 11.3 Å². The van der Waals surface area contributed by atoms with Crippen molar-refractivity contribution in [1.29, 1.82) is 5.26 Å². The van der Waals surface area contributed by atoms with Crippen molar-refractivity contribution < 1.29 is 4.39 Å². The zero-order chi connectivity index (χ0) is 27.9. The number of piperazine rings is 1. The molecule has 38 heavy (non-hydrogen) atoms. The number of halogens is 1. The first kappa shape index (κ1) is 30.7. The molecule has 0 saturated carbocycles. The topological polar surface area (TPSA) is 64.3 Å². The minimum atomic E-state index is -0.207. The molecule has 1 N–H and O–H groups in total. The highest BCUT2D eigenvalue weighted by atomic mass is 19.1. The maximum Gasteiger partial charge on any atom is 0.131 e. The Bertz CT molecular complexity index is 1200. The average Bonchev–Trinajstić information content (AvgIpc) is 2.92. The van der Waals surface area contributed by atoms with E-state index >= 15 is 0 Å². The van der Waals surface area contributed by atoms with Crippen molar-refractivity contribution in [2.24, 2.45) is 4.99 Å². The molecule has 2 aromatic rings. The number of aromatic nitrogens is 1. The van der Waals surface area contributed by atoms with Gasteiger partial charge in [-0.15, -0.1) is 0 Å². The monoisotopic (exact) mass is 515 g/mol. The van der Waals surface area contributed by atoms with Crippen LogP contribution in [0.1, 0.15) is 71.2 Å². The van der Waals surface area contributed by atoms with Crippen LogP contribution in [0.25, 0.3) is 5.57 Å². The summed E-state index contributed by atoms with van der Waals surface area (Å²) >= 11 is 0. The van der Waals surface area contributed by atoms with E-state index in [9.17, 15) is 4.39 Å². The highest BCUT2D eigenvalue weighted by Gasteiger charge is 2.22. The van der Waals surface area contributed by atoms with Gasteiger partial charge in [-0.3, -0.25) is 9.98 Å². The van der Waals surface area contributed by atoms with Crippen LogP contribution in [0, 0.1) is 17.1 Å². The number of aliphatic imine (C=N–C) groups is 1. The van der Waals surface area contributed by atoms with E-state index in [2.05, 4.69) is 54.0 Å². The van der Waals surface area contributed by atoms with Gasteiger partial charge in [0.2, 0.25) is 0 Å². The van der Waals surface area contributed by atoms with E-state index in [1.807, 2.05) is 50.4 Å². The Morgan fingerprint density at radius 3 is 2.66 bits per heavy atom. The van der Waals surface area contributed by atoms with Gasteiger partial charge in [-0.05, 0) is 64.3 Å². The van der Waals surface area contributed by atoms with Crippen LogP contribution in [0.15, 0.2) is 77.2 Å². The number of rotatable bonds is 8. The normalized spacial score (nSPS) is 17.0. The molecule has 0 spiro atoms. The number of hydrogen-bond donors (Lipinski definition) is 1. The van der Waals surface area contributed by atoms with Crippen LogP contribution >= 0.6 is 0 Å². The zero-order valence-electron chi connectivity index (χ0n) is 23.8. The van der Waals surface area contributed by atoms with Gasteiger partial charge in [0, 0.05) is 66.3 Å². The standard InChI is InChI=1S/C23H32FN3.C9H10N2/c1-6-8-13-26-18(4)23(19(5)27-15-14-25-17(3)16-27)20(7-2)21-11-9-10-12-22(21)24;1-2-3-9-6-8(7-10)4-5-11-9/h7-13,17,25H,6,14-16H2,1-5H3;4-6H,2-3H2,1H3/b13-8+,20-7-,23-19-,26-18+;. The Labute approximate surface area is 228 Å². The Balaban J connectivity index is 0.000000384. The molecule has 1 saturated heterocycles. The van der Waals surface area contributed by atoms with Crippen LogP contribution in [0.4, 0.5) is 4.39 Å². The summed E-state index contributed by atoms with van der Waals surface area (Å²) in [6.07, 6.45) is 10.5. The molecule has 5 nitrogen and oxygen atoms in total. The number of benzene rings is 1. The summed E-state index contributed by atoms with van der Waals surface area (Å²) in [6.45, 7) is 15.3. The molecule has 202 valence electrons. The third-order valence-corrected chi connectivity index (χ3v) is 6.35. The second-order valence-corrected chi connectivity index (χ2v) is 9.35. The number of allylic oxidation sites excluding steroid dienone is 5. The molecule has 0 aliphatic carbocycles. The third kappa shape index (κ3) is 9.08. The zero-order valence-corrected chi connectivity index (χ0v) is 23.8. The first-order valence-electron chi connectivity index (χ1n) is 13.5. The van der Waals surface area contributed by atoms with Crippen molar-refractivity contribution in [2.45, 2.75) is 66.8 Å². The maximum atomic E-state index is 14.6. The van der Waals surface area contributed by atoms with Crippen molar-refractivity contribution in [3.05, 3.63) is 94.9 Å². The van der Waals surface area contributed by atoms with E-state index in [0.29, 0.717) is 17.2 Å². The van der Waals surface area contributed by atoms with E-state index in [4.69, 9.17) is 5.26 Å². The van der Waals surface area contributed by atoms with Crippen LogP contribution in [0.5, 0.6) is 0 Å². The summed E-state index contributed by atoms with van der Waals surface area (Å²) in [5.41, 5.74) is 6.27. The molecule has 1 atom stereocenters. The fraction of sp³-hybridized carbons (Fsp3) is 0.406. The largest absolute Gasteiger partial charge is 0.372 e. The van der Waals surface area contributed by atoms with Gasteiger partial charge in [0.15, 0.2) is 0 Å². The summed E-state index contributed by atoms with van der Waals surface area (Å²) in [5.74, 6) is -0.207. The first-order chi connectivity index (χ1) is 18.4. The third-order valence-electron chi connectivity index (χ3n) is 6.35. The second kappa shape index (κ2) is 16.3. The van der Waals surface area contributed by atoms with Crippen LogP contribution in [-0.4, -0.2) is 41.3 Å². The van der Waals surface area contributed by atoms with Crippen molar-refractivity contribution in [3.8, 4) is 6.07 Å². The van der Waals surface area contributed by atoms with E-state index in [1.165, 1.54) is 6.07 Å². The van der Waals surface area contributed by atoms with Gasteiger partial charge >= 0.3 is 0 Å². The molecule has 0 radical (unpaired) electrons. The van der Waals surface area contributed by atoms with E-state index in [1.54, 1.807) is 18.3 Å². The van der Waals surface area contributed by atoms with Crippen LogP contribution in [-0.2, 0) is 6.42 Å². The lowest BCUT2D eigenvalue weighted by atomic mass is 9.92. The highest BCUT2D eigenvalue weighted by molar-refractivity contribution is 6.12. The lowest BCUT2D eigenvalue weighted by Crippen LogP contribution is -2.48. The Hall–Kier alpha value is -3.56. The average molecular weight is 516 g/mol. The molecule has 3 rings (SSSR count). The quantitative estimate of drug-likeness (QED) is 0.301. The molecule has 1 unspecified atom stereocenters. The van der Waals surface area contributed by atoms with Gasteiger partial charge in [-0.25, -0.2) is 4.39 Å². The minimum Gasteiger partial charge on any atom is -0.372 e. The molecule has 1 aliphatic rings. The smallest absolute Gasteiger partial charge is 0.131 e. The summed E-state index contributed by atoms with van der Waals surface area (Å²) in [6, 6.07) is 13.0. The maximum absolute atomic E-state index is 14.6. The number of nitrogens with one attached hydrogen (secondary N) is 1. The molecule has 2 heterocycles. The summed E-state index contributed by atoms with van der Waals surface area (Å²) < 4.78 is 14.6. The number of hydrogen-bond acceptors (Lipinski definition) is 5. The Kier molecular flexibility index (Phi) is 13.2. The lowest BCUT2D eigenvalue weighted by molar-refractivity contribution is 0.256. The number of nitrogens with zero attached hydrogens (tertiary/aromatic N) is 4. The molecule has 6 heteroatoms. The molecule has 0 amide bonds. The van der Waals surface area contributed by atoms with Gasteiger partial charge < -0.3 is 10.2 Å². The molecule has 1 fully saturated rings. The predicted molar refractivity (Wildman–Crippen MR) is 157 cm³/mol. The van der Waals surface area contributed by atoms with E-state index in [0.717, 1.165) is 67.1 Å². The SMILES string of the molecule is CCCc1cc(C#N)ccn1.C\C=C(C(/C(C)=N/C=C/CC)=C(/C)N1CCNC(C)C1)\c1ccccc1F. The Morgan fingerprint density at radius 1 is 1.26 bits per heavy atom. The number of pyridine rings is 1. The number of aryl methyl sites for hydroxylation is 1. The van der Waals surface area contributed by atoms with Crippen LogP contribution in [0.3, 0.4) is 0 Å². The van der Waals surface area contributed by atoms with Gasteiger partial charge in [0.25, 0.3) is 0 Å². The molecule has 1 aromatic heterocycles. The molecule has 1 aromatic carbocycles. The molecule has 1 aliphatic heterocycles. The van der Waals surface area contributed by atoms with Crippen molar-refractivity contribution in [2.75, 3.05) is 19.6 Å². The Morgan fingerprint density at radius 2 is 2.03 bits per heavy atom. The fourth-order valence-corrected chi connectivity index (χ4v) is 4.44. The fourth-order valence-electron chi connectivity index (χ4n) is 4.44. The summed E-state index contributed by atoms with van der Waals surface area (Å²) in [7, 11) is 0. The second-order valence-electron chi connectivity index (χ2n) is 9.35. The minimum absolute atomic E-state index is 0.207. The van der Waals surface area contributed by atoms with Crippen molar-refractivity contribution in [1.82, 2.24) is 15.2 Å². The van der Waals surface area contributed by atoms with Gasteiger partial charge in [0.05, 0.1) is 11.6 Å². The van der Waals surface area contributed by atoms with Crippen LogP contribution in [0.2, 0.25) is 0 Å². The van der Waals surface area contributed by atoms with Crippen molar-refractivity contribution in [3.63, 3.8) is 0 Å². The first-order valence-corrected chi connectivity index (χ1v) is 13.5. The summed E-state index contributed by atoms with van der Waals surface area (Å²) in [5, 5.41) is 12.0. The van der Waals surface area contributed by atoms with Gasteiger partial charge in [0.1, 0.15) is 5.82 Å². The van der Waals surface area contributed by atoms with E-state index in [-0.39, 0.29) is 5.82 Å². The van der Waals surface area contributed by atoms with E-state index < -0.39 is 0 Å². The highest BCUT2D eigenvalue weighted by Crippen LogP contribution is 2.30. The number of nitriles is 1. The predicted octanol–water partition coefficient (Wildman–Crippen LogP) is 7.09. The molecule has 0 bridgehead atoms. The molecular weight excluding hydrogens is 473 g/mol. The van der Waals surface area contributed by atoms with Gasteiger partial charge in [-0.1, -0.05) is 50.6 Å². The molecular formula is C32H42FN5. The summed E-state index contributed by atoms with van der Waals surface area (Å²) in [4.78, 5) is 11.2. The van der Waals surface area contributed by atoms with Crippen LogP contribution < -0.4 is 5.32 Å². The van der Waals surface area contributed by atoms with Gasteiger partial charge in [-0.2, -0.15) is 5.26 Å². The lowest BCUT2D eigenvalue weighted by Gasteiger charge is -2.36.